The molecule has 1 aromatic carbocycles. The quantitative estimate of drug-likeness (QED) is 0.612. The van der Waals surface area contributed by atoms with Crippen LogP contribution in [0.1, 0.15) is 0 Å². The number of benzene rings is 1. The monoisotopic (exact) mass is 385 g/mol. The summed E-state index contributed by atoms with van der Waals surface area (Å²) in [6.45, 7) is 0. The molecule has 72 valence electrons. The highest BCUT2D eigenvalue weighted by atomic mass is 127. The third kappa shape index (κ3) is 1.63. The first-order chi connectivity index (χ1) is 6.61. The highest BCUT2D eigenvalue weighted by Crippen LogP contribution is 2.32. The van der Waals surface area contributed by atoms with Crippen molar-refractivity contribution >= 4 is 61.0 Å². The highest BCUT2D eigenvalue weighted by molar-refractivity contribution is 14.1. The first-order valence-corrected chi connectivity index (χ1v) is 5.94. The summed E-state index contributed by atoms with van der Waals surface area (Å²) in [5.41, 5.74) is 0.551. The van der Waals surface area contributed by atoms with Crippen molar-refractivity contribution in [2.45, 2.75) is 0 Å². The summed E-state index contributed by atoms with van der Waals surface area (Å²) >= 11 is 11.3. The van der Waals surface area contributed by atoms with Gasteiger partial charge in [-0.2, -0.15) is 0 Å². The van der Waals surface area contributed by atoms with Crippen molar-refractivity contribution in [1.82, 2.24) is 4.98 Å². The van der Waals surface area contributed by atoms with E-state index in [4.69, 9.17) is 11.6 Å². The molecule has 1 aromatic heterocycles. The van der Waals surface area contributed by atoms with E-state index in [0.29, 0.717) is 15.9 Å². The van der Waals surface area contributed by atoms with Gasteiger partial charge in [0, 0.05) is 10.7 Å². The van der Waals surface area contributed by atoms with Crippen molar-refractivity contribution in [2.75, 3.05) is 0 Å². The molecule has 14 heavy (non-hydrogen) atoms. The molecule has 2 aromatic rings. The van der Waals surface area contributed by atoms with Crippen LogP contribution in [-0.4, -0.2) is 4.98 Å². The second-order valence-corrected chi connectivity index (χ2v) is 5.07. The molecule has 0 atom stereocenters. The van der Waals surface area contributed by atoms with Crippen LogP contribution >= 0.6 is 50.1 Å². The fourth-order valence-corrected chi connectivity index (χ4v) is 2.24. The number of rotatable bonds is 0. The number of fused-ring (bicyclic) bond motifs is 1. The van der Waals surface area contributed by atoms with Gasteiger partial charge in [0.05, 0.1) is 19.5 Å². The summed E-state index contributed by atoms with van der Waals surface area (Å²) in [4.78, 5) is 4.12. The van der Waals surface area contributed by atoms with Crippen molar-refractivity contribution in [3.05, 3.63) is 37.2 Å². The van der Waals surface area contributed by atoms with Crippen LogP contribution in [0.3, 0.4) is 0 Å². The van der Waals surface area contributed by atoms with Gasteiger partial charge in [-0.15, -0.1) is 0 Å². The number of halogens is 4. The minimum atomic E-state index is -0.348. The largest absolute Gasteiger partial charge is 0.254 e. The van der Waals surface area contributed by atoms with Crippen LogP contribution in [0.5, 0.6) is 0 Å². The van der Waals surface area contributed by atoms with Crippen molar-refractivity contribution < 1.29 is 4.39 Å². The van der Waals surface area contributed by atoms with Gasteiger partial charge in [0.2, 0.25) is 0 Å². The van der Waals surface area contributed by atoms with E-state index in [1.54, 1.807) is 12.3 Å². The van der Waals surface area contributed by atoms with Crippen molar-refractivity contribution in [3.8, 4) is 0 Å². The predicted molar refractivity (Wildman–Crippen MR) is 67.1 cm³/mol. The zero-order chi connectivity index (χ0) is 10.3. The molecular weight excluding hydrogens is 383 g/mol. The number of pyridine rings is 1. The average molecular weight is 386 g/mol. The highest BCUT2D eigenvalue weighted by Gasteiger charge is 2.11. The number of nitrogens with zero attached hydrogens (tertiary/aromatic N) is 1. The van der Waals surface area contributed by atoms with E-state index < -0.39 is 0 Å². The van der Waals surface area contributed by atoms with E-state index in [1.165, 1.54) is 6.07 Å². The van der Waals surface area contributed by atoms with E-state index in [1.807, 2.05) is 22.6 Å². The van der Waals surface area contributed by atoms with Crippen molar-refractivity contribution in [3.63, 3.8) is 0 Å². The fraction of sp³-hybridized carbons (Fsp3) is 0. The maximum Gasteiger partial charge on any atom is 0.134 e. The maximum atomic E-state index is 13.5. The minimum absolute atomic E-state index is 0.348. The Balaban J connectivity index is 3.01. The van der Waals surface area contributed by atoms with Crippen LogP contribution in [0.2, 0.25) is 5.02 Å². The third-order valence-electron chi connectivity index (χ3n) is 1.81. The van der Waals surface area contributed by atoms with Gasteiger partial charge in [-0.1, -0.05) is 11.6 Å². The van der Waals surface area contributed by atoms with Crippen LogP contribution in [-0.2, 0) is 0 Å². The lowest BCUT2D eigenvalue weighted by atomic mass is 10.2. The lowest BCUT2D eigenvalue weighted by molar-refractivity contribution is 0.639. The first kappa shape index (κ1) is 10.6. The molecule has 2 rings (SSSR count). The van der Waals surface area contributed by atoms with Gasteiger partial charge in [-0.05, 0) is 50.7 Å². The molecular formula is C9H3BrClFIN. The molecule has 0 aliphatic rings. The van der Waals surface area contributed by atoms with E-state index in [2.05, 4.69) is 20.9 Å². The topological polar surface area (TPSA) is 12.9 Å². The molecule has 0 saturated carbocycles. The summed E-state index contributed by atoms with van der Waals surface area (Å²) in [6, 6.07) is 2.99. The predicted octanol–water partition coefficient (Wildman–Crippen LogP) is 4.39. The van der Waals surface area contributed by atoms with Gasteiger partial charge >= 0.3 is 0 Å². The van der Waals surface area contributed by atoms with Gasteiger partial charge in [0.15, 0.2) is 0 Å². The second-order valence-electron chi connectivity index (χ2n) is 2.67. The van der Waals surface area contributed by atoms with Gasteiger partial charge in [-0.25, -0.2) is 4.39 Å². The average Bonchev–Trinajstić information content (AvgIpc) is 2.16. The van der Waals surface area contributed by atoms with Crippen molar-refractivity contribution in [2.24, 2.45) is 0 Å². The zero-order valence-corrected chi connectivity index (χ0v) is 11.2. The Morgan fingerprint density at radius 3 is 2.86 bits per heavy atom. The van der Waals surface area contributed by atoms with Crippen LogP contribution in [0, 0.1) is 9.39 Å². The molecule has 0 amide bonds. The van der Waals surface area contributed by atoms with Gasteiger partial charge < -0.3 is 0 Å². The molecule has 1 heterocycles. The lowest BCUT2D eigenvalue weighted by Gasteiger charge is -2.04. The summed E-state index contributed by atoms with van der Waals surface area (Å²) in [6.07, 6.45) is 1.62. The Labute approximate surface area is 107 Å². The number of hydrogen-bond acceptors (Lipinski definition) is 1. The van der Waals surface area contributed by atoms with E-state index in [0.717, 1.165) is 8.04 Å². The molecule has 0 aliphatic carbocycles. The smallest absolute Gasteiger partial charge is 0.134 e. The standard InChI is InChI=1S/C9H3BrClFIN/c10-4-1-2-5(12)7-8(11)6(13)3-14-9(4)7/h1-3H. The molecule has 0 fully saturated rings. The zero-order valence-electron chi connectivity index (χ0n) is 6.69. The molecule has 0 saturated heterocycles. The van der Waals surface area contributed by atoms with Gasteiger partial charge in [0.1, 0.15) is 5.82 Å². The normalized spacial score (nSPS) is 10.9. The molecule has 0 radical (unpaired) electrons. The van der Waals surface area contributed by atoms with Gasteiger partial charge in [-0.3, -0.25) is 4.98 Å². The molecule has 5 heteroatoms. The van der Waals surface area contributed by atoms with Crippen molar-refractivity contribution in [1.29, 1.82) is 0 Å². The Hall–Kier alpha value is 0.0600. The minimum Gasteiger partial charge on any atom is -0.254 e. The van der Waals surface area contributed by atoms with Crippen LogP contribution in [0.15, 0.2) is 22.8 Å². The first-order valence-electron chi connectivity index (χ1n) is 3.69. The summed E-state index contributed by atoms with van der Waals surface area (Å²) in [5.74, 6) is -0.348. The summed E-state index contributed by atoms with van der Waals surface area (Å²) in [7, 11) is 0. The van der Waals surface area contributed by atoms with Crippen LogP contribution in [0.25, 0.3) is 10.9 Å². The molecule has 0 aliphatic heterocycles. The summed E-state index contributed by atoms with van der Waals surface area (Å²) in [5, 5.41) is 0.780. The Morgan fingerprint density at radius 1 is 1.43 bits per heavy atom. The SMILES string of the molecule is Fc1ccc(Br)c2ncc(I)c(Cl)c12. The van der Waals surface area contributed by atoms with Crippen LogP contribution < -0.4 is 0 Å². The molecule has 0 N–H and O–H groups in total. The summed E-state index contributed by atoms with van der Waals surface area (Å²) < 4.78 is 14.9. The van der Waals surface area contributed by atoms with E-state index in [9.17, 15) is 4.39 Å². The van der Waals surface area contributed by atoms with Crippen LogP contribution in [0.4, 0.5) is 4.39 Å². The molecule has 0 unspecified atom stereocenters. The molecule has 0 bridgehead atoms. The Kier molecular flexibility index (Phi) is 2.95. The maximum absolute atomic E-state index is 13.5. The lowest BCUT2D eigenvalue weighted by Crippen LogP contribution is -1.88. The molecule has 1 nitrogen and oxygen atoms in total. The fourth-order valence-electron chi connectivity index (χ4n) is 1.17. The second kappa shape index (κ2) is 3.90. The number of hydrogen-bond donors (Lipinski definition) is 0. The molecule has 0 spiro atoms. The Morgan fingerprint density at radius 2 is 2.14 bits per heavy atom. The van der Waals surface area contributed by atoms with Gasteiger partial charge in [0.25, 0.3) is 0 Å². The third-order valence-corrected chi connectivity index (χ3v) is 3.98. The van der Waals surface area contributed by atoms with E-state index >= 15 is 0 Å². The number of aromatic nitrogens is 1. The van der Waals surface area contributed by atoms with E-state index in [-0.39, 0.29) is 5.82 Å². The Bertz CT molecular complexity index is 518.